The molecule has 5 nitrogen and oxygen atoms in total. The number of ketones is 1. The molecule has 2 aliphatic rings. The largest absolute Gasteiger partial charge is 0.379 e. The van der Waals surface area contributed by atoms with E-state index < -0.39 is 0 Å². The maximum atomic E-state index is 14.6. The molecule has 4 rings (SSSR count). The molecule has 0 amide bonds. The molecular weight excluding hydrogens is 424 g/mol. The summed E-state index contributed by atoms with van der Waals surface area (Å²) in [5, 5.41) is 0. The van der Waals surface area contributed by atoms with Gasteiger partial charge in [-0.25, -0.2) is 0 Å². The van der Waals surface area contributed by atoms with E-state index in [1.54, 1.807) is 0 Å². The highest BCUT2D eigenvalue weighted by atomic mass is 16.5. The molecule has 0 spiro atoms. The van der Waals surface area contributed by atoms with Crippen LogP contribution in [0.1, 0.15) is 72.6 Å². The molecule has 5 heteroatoms. The maximum Gasteiger partial charge on any atom is 0.182 e. The van der Waals surface area contributed by atoms with Gasteiger partial charge in [0, 0.05) is 31.7 Å². The third-order valence-corrected chi connectivity index (χ3v) is 7.22. The Morgan fingerprint density at radius 3 is 1.88 bits per heavy atom. The average molecular weight is 465 g/mol. The number of hydrogen-bond acceptors (Lipinski definition) is 5. The first-order chi connectivity index (χ1) is 16.5. The molecule has 0 aromatic heterocycles. The van der Waals surface area contributed by atoms with Gasteiger partial charge in [0.1, 0.15) is 0 Å². The van der Waals surface area contributed by atoms with Crippen LogP contribution in [0.15, 0.2) is 48.5 Å². The average Bonchev–Trinajstić information content (AvgIpc) is 2.88. The third kappa shape index (κ3) is 5.60. The zero-order valence-corrected chi connectivity index (χ0v) is 21.2. The zero-order chi connectivity index (χ0) is 24.1. The second-order valence-corrected chi connectivity index (χ2v) is 10.1. The highest BCUT2D eigenvalue weighted by Gasteiger charge is 2.40. The molecule has 2 fully saturated rings. The lowest BCUT2D eigenvalue weighted by Crippen LogP contribution is -2.55. The number of nitrogens with zero attached hydrogens (tertiary/aromatic N) is 2. The molecule has 2 aliphatic heterocycles. The molecule has 2 aromatic rings. The maximum absolute atomic E-state index is 14.6. The Morgan fingerprint density at radius 2 is 1.32 bits per heavy atom. The second-order valence-electron chi connectivity index (χ2n) is 10.1. The Bertz CT molecular complexity index is 932. The Hall–Kier alpha value is -2.05. The van der Waals surface area contributed by atoms with Crippen LogP contribution >= 0.6 is 0 Å². The summed E-state index contributed by atoms with van der Waals surface area (Å²) in [6.45, 7) is 14.7. The predicted molar refractivity (Wildman–Crippen MR) is 137 cm³/mol. The topological polar surface area (TPSA) is 42.0 Å². The van der Waals surface area contributed by atoms with Crippen molar-refractivity contribution in [2.24, 2.45) is 0 Å². The highest BCUT2D eigenvalue weighted by molar-refractivity contribution is 6.02. The number of carbonyl (C=O) groups excluding carboxylic acids is 1. The Labute approximate surface area is 205 Å². The van der Waals surface area contributed by atoms with E-state index in [0.29, 0.717) is 32.3 Å². The lowest BCUT2D eigenvalue weighted by Gasteiger charge is -2.44. The molecule has 0 radical (unpaired) electrons. The van der Waals surface area contributed by atoms with E-state index in [4.69, 9.17) is 9.47 Å². The van der Waals surface area contributed by atoms with Crippen LogP contribution in [0.3, 0.4) is 0 Å². The van der Waals surface area contributed by atoms with Crippen LogP contribution in [0, 0.1) is 0 Å². The van der Waals surface area contributed by atoms with E-state index in [0.717, 1.165) is 37.3 Å². The van der Waals surface area contributed by atoms with Crippen molar-refractivity contribution < 1.29 is 14.3 Å². The third-order valence-electron chi connectivity index (χ3n) is 7.22. The Morgan fingerprint density at radius 1 is 0.735 bits per heavy atom. The SMILES string of the molecule is CC(C)c1ccc(C(=O)[C@@H]([C@H](c2ccccc2)N2CCOCC2)N2CCOCC2)c(C(C)C)c1. The van der Waals surface area contributed by atoms with Gasteiger partial charge in [-0.2, -0.15) is 0 Å². The molecule has 2 aromatic carbocycles. The summed E-state index contributed by atoms with van der Waals surface area (Å²) in [7, 11) is 0. The van der Waals surface area contributed by atoms with E-state index >= 15 is 0 Å². The summed E-state index contributed by atoms with van der Waals surface area (Å²) in [5.41, 5.74) is 4.50. The molecule has 2 heterocycles. The summed E-state index contributed by atoms with van der Waals surface area (Å²) in [5.74, 6) is 0.935. The number of morpholine rings is 2. The molecule has 2 saturated heterocycles. The van der Waals surface area contributed by atoms with Crippen LogP contribution in [0.2, 0.25) is 0 Å². The molecule has 184 valence electrons. The minimum Gasteiger partial charge on any atom is -0.379 e. The number of carbonyl (C=O) groups is 1. The van der Waals surface area contributed by atoms with Gasteiger partial charge in [0.05, 0.1) is 38.5 Å². The predicted octanol–water partition coefficient (Wildman–Crippen LogP) is 4.89. The van der Waals surface area contributed by atoms with Crippen molar-refractivity contribution in [2.45, 2.75) is 51.6 Å². The first kappa shape index (κ1) is 25.1. The monoisotopic (exact) mass is 464 g/mol. The number of Topliss-reactive ketones (excluding diaryl/α,β-unsaturated/α-hetero) is 1. The van der Waals surface area contributed by atoms with Gasteiger partial charge in [-0.05, 0) is 28.5 Å². The fraction of sp³-hybridized carbons (Fsp3) is 0.552. The number of ether oxygens (including phenoxy) is 2. The molecule has 34 heavy (non-hydrogen) atoms. The molecule has 0 N–H and O–H groups in total. The van der Waals surface area contributed by atoms with Crippen LogP contribution in [0.25, 0.3) is 0 Å². The summed E-state index contributed by atoms with van der Waals surface area (Å²) < 4.78 is 11.4. The van der Waals surface area contributed by atoms with E-state index in [2.05, 4.69) is 80.0 Å². The number of rotatable bonds is 8. The van der Waals surface area contributed by atoms with Crippen molar-refractivity contribution in [3.63, 3.8) is 0 Å². The van der Waals surface area contributed by atoms with Crippen LogP contribution in [-0.4, -0.2) is 74.2 Å². The van der Waals surface area contributed by atoms with E-state index in [1.165, 1.54) is 11.1 Å². The second kappa shape index (κ2) is 11.6. The van der Waals surface area contributed by atoms with Gasteiger partial charge in [0.2, 0.25) is 0 Å². The molecule has 0 unspecified atom stereocenters. The Kier molecular flexibility index (Phi) is 8.54. The van der Waals surface area contributed by atoms with E-state index in [9.17, 15) is 4.79 Å². The van der Waals surface area contributed by atoms with E-state index in [1.807, 2.05) is 6.07 Å². The van der Waals surface area contributed by atoms with Crippen LogP contribution in [0.5, 0.6) is 0 Å². The van der Waals surface area contributed by atoms with Gasteiger partial charge in [-0.1, -0.05) is 76.2 Å². The number of benzene rings is 2. The summed E-state index contributed by atoms with van der Waals surface area (Å²) in [6.07, 6.45) is 0. The first-order valence-electron chi connectivity index (χ1n) is 12.8. The van der Waals surface area contributed by atoms with Gasteiger partial charge in [-0.3, -0.25) is 14.6 Å². The fourth-order valence-corrected chi connectivity index (χ4v) is 5.26. The smallest absolute Gasteiger partial charge is 0.182 e. The van der Waals surface area contributed by atoms with Crippen molar-refractivity contribution in [1.82, 2.24) is 9.80 Å². The van der Waals surface area contributed by atoms with Gasteiger partial charge in [0.15, 0.2) is 5.78 Å². The lowest BCUT2D eigenvalue weighted by atomic mass is 9.84. The van der Waals surface area contributed by atoms with Crippen molar-refractivity contribution in [3.05, 3.63) is 70.8 Å². The van der Waals surface area contributed by atoms with Crippen LogP contribution in [-0.2, 0) is 9.47 Å². The minimum absolute atomic E-state index is 0.0273. The van der Waals surface area contributed by atoms with Crippen LogP contribution in [0.4, 0.5) is 0 Å². The molecule has 0 saturated carbocycles. The molecule has 0 aliphatic carbocycles. The zero-order valence-electron chi connectivity index (χ0n) is 21.2. The van der Waals surface area contributed by atoms with Crippen LogP contribution < -0.4 is 0 Å². The normalized spacial score (nSPS) is 19.9. The van der Waals surface area contributed by atoms with Gasteiger partial charge in [-0.15, -0.1) is 0 Å². The molecule has 0 bridgehead atoms. The minimum atomic E-state index is -0.271. The highest BCUT2D eigenvalue weighted by Crippen LogP contribution is 2.34. The van der Waals surface area contributed by atoms with Crippen molar-refractivity contribution in [1.29, 1.82) is 0 Å². The Balaban J connectivity index is 1.81. The van der Waals surface area contributed by atoms with Gasteiger partial charge in [0.25, 0.3) is 0 Å². The number of hydrogen-bond donors (Lipinski definition) is 0. The fourth-order valence-electron chi connectivity index (χ4n) is 5.26. The lowest BCUT2D eigenvalue weighted by molar-refractivity contribution is -0.0301. The standard InChI is InChI=1S/C29H40N2O3/c1-21(2)24-10-11-25(26(20-24)22(3)4)29(32)28(31-14-18-34-19-15-31)27(23-8-6-5-7-9-23)30-12-16-33-17-13-30/h5-11,20-22,27-28H,12-19H2,1-4H3/t27-,28+/m0/s1. The quantitative estimate of drug-likeness (QED) is 0.521. The van der Waals surface area contributed by atoms with Crippen molar-refractivity contribution in [3.8, 4) is 0 Å². The summed E-state index contributed by atoms with van der Waals surface area (Å²) in [4.78, 5) is 19.4. The molecule has 2 atom stereocenters. The molecular formula is C29H40N2O3. The van der Waals surface area contributed by atoms with Crippen molar-refractivity contribution >= 4 is 5.78 Å². The van der Waals surface area contributed by atoms with E-state index in [-0.39, 0.29) is 23.8 Å². The summed E-state index contributed by atoms with van der Waals surface area (Å²) in [6, 6.07) is 16.7. The summed E-state index contributed by atoms with van der Waals surface area (Å²) >= 11 is 0. The van der Waals surface area contributed by atoms with Gasteiger partial charge < -0.3 is 9.47 Å². The van der Waals surface area contributed by atoms with Gasteiger partial charge >= 0.3 is 0 Å². The first-order valence-corrected chi connectivity index (χ1v) is 12.8. The van der Waals surface area contributed by atoms with Crippen molar-refractivity contribution in [2.75, 3.05) is 52.6 Å².